The molecule has 0 saturated heterocycles. The van der Waals surface area contributed by atoms with Crippen molar-refractivity contribution in [1.82, 2.24) is 4.90 Å². The van der Waals surface area contributed by atoms with Crippen LogP contribution in [0.4, 0.5) is 0 Å². The van der Waals surface area contributed by atoms with Gasteiger partial charge < -0.3 is 14.8 Å². The summed E-state index contributed by atoms with van der Waals surface area (Å²) < 4.78 is 5.75. The van der Waals surface area contributed by atoms with Gasteiger partial charge in [-0.3, -0.25) is 0 Å². The Morgan fingerprint density at radius 1 is 1.32 bits per heavy atom. The molecule has 0 unspecified atom stereocenters. The van der Waals surface area contributed by atoms with Crippen molar-refractivity contribution in [2.45, 2.75) is 25.7 Å². The Morgan fingerprint density at radius 3 is 2.89 bits per heavy atom. The number of aryl methyl sites for hydroxylation is 1. The fraction of sp³-hybridized carbons (Fsp3) is 0.533. The van der Waals surface area contributed by atoms with Crippen LogP contribution >= 0.6 is 0 Å². The lowest BCUT2D eigenvalue weighted by Gasteiger charge is -2.18. The van der Waals surface area contributed by atoms with Gasteiger partial charge in [0.15, 0.2) is 0 Å². The quantitative estimate of drug-likeness (QED) is 0.504. The third kappa shape index (κ3) is 3.70. The SMILES string of the molecule is CN(C)CCCOc1ccc2c(c1)/C(=N\O)CCC2. The molecule has 0 amide bonds. The van der Waals surface area contributed by atoms with Gasteiger partial charge in [0, 0.05) is 12.1 Å². The van der Waals surface area contributed by atoms with Crippen LogP contribution in [0.3, 0.4) is 0 Å². The molecule has 0 aromatic heterocycles. The van der Waals surface area contributed by atoms with Crippen molar-refractivity contribution in [3.63, 3.8) is 0 Å². The highest BCUT2D eigenvalue weighted by Gasteiger charge is 2.16. The van der Waals surface area contributed by atoms with Gasteiger partial charge >= 0.3 is 0 Å². The topological polar surface area (TPSA) is 45.1 Å². The van der Waals surface area contributed by atoms with Crippen LogP contribution in [0, 0.1) is 0 Å². The largest absolute Gasteiger partial charge is 0.494 e. The number of ether oxygens (including phenoxy) is 1. The van der Waals surface area contributed by atoms with E-state index in [1.165, 1.54) is 5.56 Å². The molecule has 0 atom stereocenters. The van der Waals surface area contributed by atoms with Gasteiger partial charge in [0.05, 0.1) is 12.3 Å². The number of hydrogen-bond acceptors (Lipinski definition) is 4. The molecule has 104 valence electrons. The van der Waals surface area contributed by atoms with Crippen molar-refractivity contribution in [1.29, 1.82) is 0 Å². The van der Waals surface area contributed by atoms with E-state index in [2.05, 4.69) is 30.2 Å². The van der Waals surface area contributed by atoms with Crippen molar-refractivity contribution in [3.8, 4) is 5.75 Å². The van der Waals surface area contributed by atoms with Gasteiger partial charge in [-0.2, -0.15) is 0 Å². The first-order valence-electron chi connectivity index (χ1n) is 6.82. The number of fused-ring (bicyclic) bond motifs is 1. The molecule has 1 aromatic carbocycles. The smallest absolute Gasteiger partial charge is 0.119 e. The Kier molecular flexibility index (Phi) is 4.80. The molecule has 1 aliphatic rings. The van der Waals surface area contributed by atoms with Crippen LogP contribution in [0.2, 0.25) is 0 Å². The van der Waals surface area contributed by atoms with Crippen LogP contribution in [-0.2, 0) is 6.42 Å². The van der Waals surface area contributed by atoms with E-state index in [1.54, 1.807) is 0 Å². The molecule has 0 fully saturated rings. The molecular formula is C15H22N2O2. The highest BCUT2D eigenvalue weighted by molar-refractivity contribution is 6.02. The molecule has 1 aliphatic carbocycles. The maximum absolute atomic E-state index is 9.05. The molecule has 0 aliphatic heterocycles. The van der Waals surface area contributed by atoms with Crippen LogP contribution < -0.4 is 4.74 Å². The lowest BCUT2D eigenvalue weighted by Crippen LogP contribution is -2.16. The molecule has 4 heteroatoms. The Balaban J connectivity index is 2.00. The molecule has 1 N–H and O–H groups in total. The van der Waals surface area contributed by atoms with Crippen molar-refractivity contribution < 1.29 is 9.94 Å². The van der Waals surface area contributed by atoms with Gasteiger partial charge in [-0.1, -0.05) is 11.2 Å². The summed E-state index contributed by atoms with van der Waals surface area (Å²) in [5.41, 5.74) is 3.07. The Labute approximate surface area is 114 Å². The van der Waals surface area contributed by atoms with E-state index in [0.29, 0.717) is 6.61 Å². The summed E-state index contributed by atoms with van der Waals surface area (Å²) in [6.07, 6.45) is 3.95. The molecule has 4 nitrogen and oxygen atoms in total. The zero-order chi connectivity index (χ0) is 13.7. The molecule has 0 radical (unpaired) electrons. The molecule has 0 spiro atoms. The molecule has 2 rings (SSSR count). The fourth-order valence-electron chi connectivity index (χ4n) is 2.39. The standard InChI is InChI=1S/C15H22N2O2/c1-17(2)9-4-10-19-13-8-7-12-5-3-6-15(16-18)14(12)11-13/h7-8,11,18H,3-6,9-10H2,1-2H3/b16-15-. The number of oxime groups is 1. The monoisotopic (exact) mass is 262 g/mol. The maximum Gasteiger partial charge on any atom is 0.119 e. The second-order valence-electron chi connectivity index (χ2n) is 5.22. The average Bonchev–Trinajstić information content (AvgIpc) is 2.42. The summed E-state index contributed by atoms with van der Waals surface area (Å²) in [4.78, 5) is 2.15. The second kappa shape index (κ2) is 6.57. The summed E-state index contributed by atoms with van der Waals surface area (Å²) in [6, 6.07) is 6.09. The van der Waals surface area contributed by atoms with Crippen LogP contribution in [0.15, 0.2) is 23.4 Å². The molecule has 1 aromatic rings. The van der Waals surface area contributed by atoms with E-state index in [-0.39, 0.29) is 0 Å². The third-order valence-electron chi connectivity index (χ3n) is 3.39. The average molecular weight is 262 g/mol. The zero-order valence-electron chi connectivity index (χ0n) is 11.7. The Hall–Kier alpha value is -1.55. The first-order chi connectivity index (χ1) is 9.20. The van der Waals surface area contributed by atoms with Gasteiger partial charge in [-0.15, -0.1) is 0 Å². The van der Waals surface area contributed by atoms with Crippen molar-refractivity contribution >= 4 is 5.71 Å². The molecular weight excluding hydrogens is 240 g/mol. The Morgan fingerprint density at radius 2 is 2.16 bits per heavy atom. The second-order valence-corrected chi connectivity index (χ2v) is 5.22. The van der Waals surface area contributed by atoms with E-state index < -0.39 is 0 Å². The minimum absolute atomic E-state index is 0.711. The highest BCUT2D eigenvalue weighted by atomic mass is 16.5. The zero-order valence-corrected chi connectivity index (χ0v) is 11.7. The number of hydrogen-bond donors (Lipinski definition) is 1. The summed E-state index contributed by atoms with van der Waals surface area (Å²) in [5.74, 6) is 0.862. The minimum atomic E-state index is 0.711. The van der Waals surface area contributed by atoms with Gasteiger partial charge in [-0.25, -0.2) is 0 Å². The molecule has 0 bridgehead atoms. The predicted molar refractivity (Wildman–Crippen MR) is 76.4 cm³/mol. The van der Waals surface area contributed by atoms with E-state index in [9.17, 15) is 0 Å². The van der Waals surface area contributed by atoms with E-state index in [1.807, 2.05) is 12.1 Å². The number of rotatable bonds is 5. The highest BCUT2D eigenvalue weighted by Crippen LogP contribution is 2.26. The maximum atomic E-state index is 9.05. The minimum Gasteiger partial charge on any atom is -0.494 e. The molecule has 0 saturated carbocycles. The van der Waals surface area contributed by atoms with E-state index >= 15 is 0 Å². The molecule has 0 heterocycles. The summed E-state index contributed by atoms with van der Waals surface area (Å²) in [7, 11) is 4.12. The van der Waals surface area contributed by atoms with Crippen LogP contribution in [0.5, 0.6) is 5.75 Å². The molecule has 19 heavy (non-hydrogen) atoms. The van der Waals surface area contributed by atoms with Gasteiger partial charge in [-0.05, 0) is 57.5 Å². The van der Waals surface area contributed by atoms with Crippen molar-refractivity contribution in [2.24, 2.45) is 5.16 Å². The van der Waals surface area contributed by atoms with Gasteiger partial charge in [0.2, 0.25) is 0 Å². The lowest BCUT2D eigenvalue weighted by molar-refractivity contribution is 0.281. The van der Waals surface area contributed by atoms with Crippen molar-refractivity contribution in [2.75, 3.05) is 27.2 Å². The normalized spacial score (nSPS) is 16.7. The van der Waals surface area contributed by atoms with Crippen LogP contribution in [0.1, 0.15) is 30.4 Å². The number of nitrogens with zero attached hydrogens (tertiary/aromatic N) is 2. The van der Waals surface area contributed by atoms with Gasteiger partial charge in [0.25, 0.3) is 0 Å². The predicted octanol–water partition coefficient (Wildman–Crippen LogP) is 2.53. The van der Waals surface area contributed by atoms with E-state index in [4.69, 9.17) is 9.94 Å². The first kappa shape index (κ1) is 13.9. The summed E-state index contributed by atoms with van der Waals surface area (Å²) >= 11 is 0. The third-order valence-corrected chi connectivity index (χ3v) is 3.39. The van der Waals surface area contributed by atoms with E-state index in [0.717, 1.165) is 49.3 Å². The van der Waals surface area contributed by atoms with Crippen LogP contribution in [0.25, 0.3) is 0 Å². The lowest BCUT2D eigenvalue weighted by atomic mass is 9.90. The van der Waals surface area contributed by atoms with Crippen molar-refractivity contribution in [3.05, 3.63) is 29.3 Å². The summed E-state index contributed by atoms with van der Waals surface area (Å²) in [5, 5.41) is 12.4. The first-order valence-corrected chi connectivity index (χ1v) is 6.82. The summed E-state index contributed by atoms with van der Waals surface area (Å²) in [6.45, 7) is 1.73. The van der Waals surface area contributed by atoms with Crippen LogP contribution in [-0.4, -0.2) is 43.1 Å². The van der Waals surface area contributed by atoms with Gasteiger partial charge in [0.1, 0.15) is 5.75 Å². The number of benzene rings is 1. The fourth-order valence-corrected chi connectivity index (χ4v) is 2.39. The Bertz CT molecular complexity index is 455.